The fourth-order valence-corrected chi connectivity index (χ4v) is 4.04. The van der Waals surface area contributed by atoms with Crippen molar-refractivity contribution < 1.29 is 20.1 Å². The first kappa shape index (κ1) is 15.7. The highest BCUT2D eigenvalue weighted by molar-refractivity contribution is 5.87. The summed E-state index contributed by atoms with van der Waals surface area (Å²) in [7, 11) is 0. The lowest BCUT2D eigenvalue weighted by Crippen LogP contribution is -2.60. The zero-order chi connectivity index (χ0) is 15.1. The average Bonchev–Trinajstić information content (AvgIpc) is 2.38. The second-order valence-electron chi connectivity index (χ2n) is 6.83. The number of rotatable bonds is 3. The molecule has 2 aliphatic rings. The Morgan fingerprint density at radius 3 is 2.60 bits per heavy atom. The molecule has 0 aromatic heterocycles. The molecule has 3 N–H and O–H groups in total. The van der Waals surface area contributed by atoms with E-state index in [1.54, 1.807) is 19.9 Å². The van der Waals surface area contributed by atoms with Crippen LogP contribution in [0, 0.1) is 23.2 Å². The number of carbonyl (C=O) groups excluding carboxylic acids is 1. The summed E-state index contributed by atoms with van der Waals surface area (Å²) < 4.78 is 0. The molecule has 4 heteroatoms. The third-order valence-corrected chi connectivity index (χ3v) is 5.73. The van der Waals surface area contributed by atoms with Crippen LogP contribution in [0.25, 0.3) is 0 Å². The van der Waals surface area contributed by atoms with Gasteiger partial charge in [0.2, 0.25) is 0 Å². The van der Waals surface area contributed by atoms with Crippen LogP contribution < -0.4 is 0 Å². The quantitative estimate of drug-likeness (QED) is 0.682. The van der Waals surface area contributed by atoms with Crippen molar-refractivity contribution in [1.29, 1.82) is 0 Å². The van der Waals surface area contributed by atoms with Gasteiger partial charge in [-0.2, -0.15) is 0 Å². The van der Waals surface area contributed by atoms with Gasteiger partial charge in [0, 0.05) is 18.9 Å². The number of fused-ring (bicyclic) bond motifs is 1. The minimum absolute atomic E-state index is 0.0510. The molecule has 0 saturated heterocycles. The van der Waals surface area contributed by atoms with Gasteiger partial charge in [0.1, 0.15) is 5.78 Å². The van der Waals surface area contributed by atoms with Crippen LogP contribution in [0.4, 0.5) is 0 Å². The second kappa shape index (κ2) is 5.24. The van der Waals surface area contributed by atoms with Crippen LogP contribution in [0.15, 0.2) is 12.2 Å². The Morgan fingerprint density at radius 1 is 1.35 bits per heavy atom. The van der Waals surface area contributed by atoms with Gasteiger partial charge in [-0.25, -0.2) is 0 Å². The van der Waals surface area contributed by atoms with Crippen molar-refractivity contribution in [3.63, 3.8) is 0 Å². The first-order valence-electron chi connectivity index (χ1n) is 7.49. The summed E-state index contributed by atoms with van der Waals surface area (Å²) in [5, 5.41) is 30.2. The third kappa shape index (κ3) is 2.14. The Kier molecular flexibility index (Phi) is 4.11. The van der Waals surface area contributed by atoms with Crippen LogP contribution in [0.3, 0.4) is 0 Å². The molecule has 0 heterocycles. The predicted octanol–water partition coefficient (Wildman–Crippen LogP) is 1.29. The molecular weight excluding hydrogens is 256 g/mol. The van der Waals surface area contributed by atoms with Crippen LogP contribution >= 0.6 is 0 Å². The maximum absolute atomic E-state index is 12.5. The molecule has 0 spiro atoms. The summed E-state index contributed by atoms with van der Waals surface area (Å²) in [6.07, 6.45) is 4.78. The molecule has 2 rings (SSSR count). The van der Waals surface area contributed by atoms with Gasteiger partial charge in [0.15, 0.2) is 0 Å². The van der Waals surface area contributed by atoms with E-state index in [2.05, 4.69) is 0 Å². The highest BCUT2D eigenvalue weighted by atomic mass is 16.3. The number of carbonyl (C=O) groups is 1. The van der Waals surface area contributed by atoms with Crippen molar-refractivity contribution >= 4 is 5.78 Å². The molecule has 4 nitrogen and oxygen atoms in total. The van der Waals surface area contributed by atoms with Gasteiger partial charge in [-0.3, -0.25) is 4.79 Å². The van der Waals surface area contributed by atoms with Crippen LogP contribution in [-0.2, 0) is 4.79 Å². The monoisotopic (exact) mass is 282 g/mol. The fraction of sp³-hybridized carbons (Fsp3) is 0.812. The standard InChI is InChI=1S/C16H26O4/c1-10-4-5-12-11(14(10)19)6-8-15(2,20)16(12,3)13(18)7-9-17/h6,8,10-12,14,17,19-20H,4-5,7,9H2,1-3H3/t10-,11+,12-,14-,15+,16+/m1/s1. The maximum atomic E-state index is 12.5. The average molecular weight is 282 g/mol. The molecule has 0 bridgehead atoms. The molecule has 0 aliphatic heterocycles. The Morgan fingerprint density at radius 2 is 2.00 bits per heavy atom. The van der Waals surface area contributed by atoms with Crippen molar-refractivity contribution in [2.24, 2.45) is 23.2 Å². The molecule has 0 aromatic rings. The summed E-state index contributed by atoms with van der Waals surface area (Å²) >= 11 is 0. The van der Waals surface area contributed by atoms with E-state index < -0.39 is 17.1 Å². The molecule has 20 heavy (non-hydrogen) atoms. The van der Waals surface area contributed by atoms with Crippen molar-refractivity contribution in [2.75, 3.05) is 6.61 Å². The minimum atomic E-state index is -1.24. The Labute approximate surface area is 120 Å². The van der Waals surface area contributed by atoms with E-state index >= 15 is 0 Å². The van der Waals surface area contributed by atoms with Crippen LogP contribution in [0.1, 0.15) is 40.0 Å². The number of aliphatic hydroxyl groups excluding tert-OH is 2. The molecule has 1 fully saturated rings. The molecule has 0 aromatic carbocycles. The van der Waals surface area contributed by atoms with Crippen LogP contribution in [-0.4, -0.2) is 39.4 Å². The van der Waals surface area contributed by atoms with Crippen LogP contribution in [0.5, 0.6) is 0 Å². The molecule has 0 amide bonds. The lowest BCUT2D eigenvalue weighted by atomic mass is 9.51. The van der Waals surface area contributed by atoms with E-state index in [0.717, 1.165) is 12.8 Å². The normalized spacial score (nSPS) is 47.9. The number of Topliss-reactive ketones (excluding diaryl/α,β-unsaturated/α-hetero) is 1. The van der Waals surface area contributed by atoms with Gasteiger partial charge in [0.05, 0.1) is 17.1 Å². The van der Waals surface area contributed by atoms with E-state index in [9.17, 15) is 15.0 Å². The Bertz CT molecular complexity index is 415. The van der Waals surface area contributed by atoms with E-state index in [1.165, 1.54) is 0 Å². The first-order chi connectivity index (χ1) is 9.25. The van der Waals surface area contributed by atoms with Gasteiger partial charge in [-0.15, -0.1) is 0 Å². The molecule has 6 atom stereocenters. The van der Waals surface area contributed by atoms with Crippen molar-refractivity contribution in [3.05, 3.63) is 12.2 Å². The first-order valence-corrected chi connectivity index (χ1v) is 7.49. The lowest BCUT2D eigenvalue weighted by Gasteiger charge is -2.54. The number of ketones is 1. The minimum Gasteiger partial charge on any atom is -0.396 e. The van der Waals surface area contributed by atoms with Gasteiger partial charge < -0.3 is 15.3 Å². The Balaban J connectivity index is 2.43. The summed E-state index contributed by atoms with van der Waals surface area (Å²) in [5.74, 6) is -0.0772. The third-order valence-electron chi connectivity index (χ3n) is 5.73. The summed E-state index contributed by atoms with van der Waals surface area (Å²) in [5.41, 5.74) is -2.18. The lowest BCUT2D eigenvalue weighted by molar-refractivity contribution is -0.159. The molecule has 1 saturated carbocycles. The van der Waals surface area contributed by atoms with Crippen molar-refractivity contribution in [2.45, 2.75) is 51.7 Å². The topological polar surface area (TPSA) is 77.8 Å². The Hall–Kier alpha value is -0.710. The summed E-state index contributed by atoms with van der Waals surface area (Å²) in [4.78, 5) is 12.5. The number of hydrogen-bond donors (Lipinski definition) is 3. The van der Waals surface area contributed by atoms with E-state index in [4.69, 9.17) is 5.11 Å². The van der Waals surface area contributed by atoms with E-state index in [0.29, 0.717) is 0 Å². The number of hydrogen-bond acceptors (Lipinski definition) is 4. The maximum Gasteiger partial charge on any atom is 0.144 e. The highest BCUT2D eigenvalue weighted by Crippen LogP contribution is 2.54. The fourth-order valence-electron chi connectivity index (χ4n) is 4.04. The van der Waals surface area contributed by atoms with Crippen molar-refractivity contribution in [1.82, 2.24) is 0 Å². The van der Waals surface area contributed by atoms with Gasteiger partial charge >= 0.3 is 0 Å². The predicted molar refractivity (Wildman–Crippen MR) is 76.0 cm³/mol. The van der Waals surface area contributed by atoms with Crippen molar-refractivity contribution in [3.8, 4) is 0 Å². The number of aliphatic hydroxyl groups is 3. The SMILES string of the molecule is C[C@@H]1CC[C@@H]2[C@H](C=C[C@](C)(O)[C@]2(C)C(=O)CCO)[C@@H]1O. The smallest absolute Gasteiger partial charge is 0.144 e. The van der Waals surface area contributed by atoms with Crippen LogP contribution in [0.2, 0.25) is 0 Å². The largest absolute Gasteiger partial charge is 0.396 e. The molecule has 114 valence electrons. The summed E-state index contributed by atoms with van der Waals surface area (Å²) in [6, 6.07) is 0. The zero-order valence-electron chi connectivity index (χ0n) is 12.5. The van der Waals surface area contributed by atoms with Gasteiger partial charge in [-0.1, -0.05) is 19.1 Å². The molecule has 2 aliphatic carbocycles. The highest BCUT2D eigenvalue weighted by Gasteiger charge is 2.58. The van der Waals surface area contributed by atoms with E-state index in [-0.39, 0.29) is 36.6 Å². The second-order valence-corrected chi connectivity index (χ2v) is 6.83. The van der Waals surface area contributed by atoms with Gasteiger partial charge in [-0.05, 0) is 38.5 Å². The zero-order valence-corrected chi connectivity index (χ0v) is 12.5. The molecule has 0 unspecified atom stereocenters. The summed E-state index contributed by atoms with van der Waals surface area (Å²) in [6.45, 7) is 5.26. The molecular formula is C16H26O4. The van der Waals surface area contributed by atoms with E-state index in [1.807, 2.05) is 13.0 Å². The molecule has 0 radical (unpaired) electrons. The van der Waals surface area contributed by atoms with Gasteiger partial charge in [0.25, 0.3) is 0 Å².